The van der Waals surface area contributed by atoms with Crippen LogP contribution in [0.2, 0.25) is 0 Å². The lowest BCUT2D eigenvalue weighted by Gasteiger charge is -2.07. The van der Waals surface area contributed by atoms with Crippen LogP contribution in [0, 0.1) is 0 Å². The van der Waals surface area contributed by atoms with Gasteiger partial charge in [0.2, 0.25) is 12.8 Å². The van der Waals surface area contributed by atoms with E-state index in [1.807, 2.05) is 0 Å². The first-order chi connectivity index (χ1) is 11.8. The second-order valence-corrected chi connectivity index (χ2v) is 8.15. The molecule has 0 rings (SSSR count). The minimum absolute atomic E-state index is 0.0609. The standard InChI is InChI=1S/2C4H10NO5P.C2H8N2/c2*6-4-5(7)2-1-3-11(8,9)10;3-1-2-4/h2*4,7H,1-3H2,(H2,8,9,10);1-4H2. The highest BCUT2D eigenvalue weighted by Gasteiger charge is 2.12. The average molecular weight is 426 g/mol. The summed E-state index contributed by atoms with van der Waals surface area (Å²) in [5.41, 5.74) is 9.81. The number of rotatable bonds is 11. The van der Waals surface area contributed by atoms with Crippen molar-refractivity contribution in [1.82, 2.24) is 10.1 Å². The summed E-state index contributed by atoms with van der Waals surface area (Å²) in [5.74, 6) is 0. The van der Waals surface area contributed by atoms with Crippen LogP contribution in [0.3, 0.4) is 0 Å². The van der Waals surface area contributed by atoms with Gasteiger partial charge in [-0.1, -0.05) is 0 Å². The van der Waals surface area contributed by atoms with Crippen LogP contribution in [0.4, 0.5) is 0 Å². The molecule has 0 aromatic carbocycles. The number of hydroxylamine groups is 4. The molecule has 0 bridgehead atoms. The van der Waals surface area contributed by atoms with Crippen LogP contribution >= 0.6 is 15.2 Å². The van der Waals surface area contributed by atoms with E-state index >= 15 is 0 Å². The predicted molar refractivity (Wildman–Crippen MR) is 90.3 cm³/mol. The fourth-order valence-corrected chi connectivity index (χ4v) is 2.09. The third-order valence-corrected chi connectivity index (χ3v) is 3.88. The van der Waals surface area contributed by atoms with E-state index in [0.717, 1.165) is 0 Å². The third kappa shape index (κ3) is 34.4. The fourth-order valence-electron chi connectivity index (χ4n) is 0.983. The Bertz CT molecular complexity index is 404. The highest BCUT2D eigenvalue weighted by molar-refractivity contribution is 7.52. The second kappa shape index (κ2) is 17.5. The van der Waals surface area contributed by atoms with Crippen LogP contribution < -0.4 is 11.5 Å². The molecule has 0 aliphatic carbocycles. The van der Waals surface area contributed by atoms with Gasteiger partial charge in [-0.3, -0.25) is 29.1 Å². The zero-order chi connectivity index (χ0) is 21.2. The lowest BCUT2D eigenvalue weighted by molar-refractivity contribution is -0.149. The van der Waals surface area contributed by atoms with Gasteiger partial charge in [0.15, 0.2) is 0 Å². The van der Waals surface area contributed by atoms with Crippen LogP contribution in [0.15, 0.2) is 0 Å². The molecule has 26 heavy (non-hydrogen) atoms. The van der Waals surface area contributed by atoms with E-state index < -0.39 is 15.2 Å². The van der Waals surface area contributed by atoms with Gasteiger partial charge in [0.1, 0.15) is 0 Å². The molecule has 0 heterocycles. The van der Waals surface area contributed by atoms with Gasteiger partial charge in [0.25, 0.3) is 0 Å². The highest BCUT2D eigenvalue weighted by Crippen LogP contribution is 2.35. The Labute approximate surface area is 150 Å². The van der Waals surface area contributed by atoms with Crippen molar-refractivity contribution >= 4 is 28.0 Å². The normalized spacial score (nSPS) is 10.6. The molecule has 0 unspecified atom stereocenters. The zero-order valence-electron chi connectivity index (χ0n) is 14.1. The van der Waals surface area contributed by atoms with E-state index in [-0.39, 0.29) is 51.1 Å². The predicted octanol–water partition coefficient (Wildman–Crippen LogP) is -2.29. The smallest absolute Gasteiger partial charge is 0.325 e. The molecule has 0 aromatic heterocycles. The zero-order valence-corrected chi connectivity index (χ0v) is 15.9. The van der Waals surface area contributed by atoms with Gasteiger partial charge in [-0.15, -0.1) is 0 Å². The molecule has 14 nitrogen and oxygen atoms in total. The van der Waals surface area contributed by atoms with E-state index in [0.29, 0.717) is 23.2 Å². The van der Waals surface area contributed by atoms with Gasteiger partial charge in [0, 0.05) is 26.2 Å². The Balaban J connectivity index is -0.000000338. The molecule has 0 saturated heterocycles. The van der Waals surface area contributed by atoms with Gasteiger partial charge in [-0.25, -0.2) is 10.1 Å². The molecule has 0 aliphatic heterocycles. The Kier molecular flexibility index (Phi) is 20.1. The average Bonchev–Trinajstić information content (AvgIpc) is 2.52. The van der Waals surface area contributed by atoms with E-state index in [4.69, 9.17) is 41.5 Å². The lowest BCUT2D eigenvalue weighted by Crippen LogP contribution is -2.18. The van der Waals surface area contributed by atoms with Gasteiger partial charge in [-0.05, 0) is 12.8 Å². The maximum atomic E-state index is 10.2. The SMILES string of the molecule is NCCN.O=CN(O)CCCP(=O)(O)O.O=CN(O)CCCP(=O)(O)O. The highest BCUT2D eigenvalue weighted by atomic mass is 31.2. The molecule has 0 fully saturated rings. The Morgan fingerprint density at radius 1 is 0.731 bits per heavy atom. The number of hydrogen-bond acceptors (Lipinski definition) is 8. The van der Waals surface area contributed by atoms with Gasteiger partial charge in [-0.2, -0.15) is 0 Å². The monoisotopic (exact) mass is 426 g/mol. The molecular formula is C10H28N4O10P2. The van der Waals surface area contributed by atoms with Crippen LogP contribution in [0.1, 0.15) is 12.8 Å². The summed E-state index contributed by atoms with van der Waals surface area (Å²) in [6.45, 7) is 1.07. The molecular weight excluding hydrogens is 398 g/mol. The van der Waals surface area contributed by atoms with Crippen molar-refractivity contribution in [2.45, 2.75) is 12.8 Å². The number of hydrogen-bond donors (Lipinski definition) is 8. The fraction of sp³-hybridized carbons (Fsp3) is 0.800. The van der Waals surface area contributed by atoms with Crippen molar-refractivity contribution in [3.05, 3.63) is 0 Å². The van der Waals surface area contributed by atoms with Crippen molar-refractivity contribution in [2.75, 3.05) is 38.5 Å². The summed E-state index contributed by atoms with van der Waals surface area (Å²) < 4.78 is 20.4. The molecule has 0 aliphatic rings. The van der Waals surface area contributed by atoms with Crippen molar-refractivity contribution < 1.29 is 48.7 Å². The first kappa shape index (κ1) is 29.8. The summed E-state index contributed by atoms with van der Waals surface area (Å²) in [7, 11) is -7.97. The molecule has 0 aromatic rings. The summed E-state index contributed by atoms with van der Waals surface area (Å²) in [6.07, 6.45) is -0.117. The Morgan fingerprint density at radius 2 is 1.00 bits per heavy atom. The van der Waals surface area contributed by atoms with Crippen LogP contribution in [-0.2, 0) is 18.7 Å². The van der Waals surface area contributed by atoms with Gasteiger partial charge >= 0.3 is 15.2 Å². The molecule has 0 spiro atoms. The topological polar surface area (TPSA) is 248 Å². The second-order valence-electron chi connectivity index (χ2n) is 4.60. The summed E-state index contributed by atoms with van der Waals surface area (Å²) in [5, 5.41) is 17.6. The molecule has 2 amide bonds. The molecule has 16 heteroatoms. The van der Waals surface area contributed by atoms with E-state index in [1.165, 1.54) is 0 Å². The maximum Gasteiger partial charge on any atom is 0.325 e. The van der Waals surface area contributed by atoms with Crippen LogP contribution in [-0.4, -0.2) is 91.4 Å². The Hall–Kier alpha value is -0.920. The molecule has 158 valence electrons. The minimum Gasteiger partial charge on any atom is -0.329 e. The van der Waals surface area contributed by atoms with Gasteiger partial charge < -0.3 is 31.0 Å². The molecule has 10 N–H and O–H groups in total. The van der Waals surface area contributed by atoms with Crippen molar-refractivity contribution in [3.63, 3.8) is 0 Å². The quantitative estimate of drug-likeness (QED) is 0.0752. The number of carbonyl (C=O) groups excluding carboxylic acids is 2. The summed E-state index contributed by atoms with van der Waals surface area (Å²) >= 11 is 0. The molecule has 0 radical (unpaired) electrons. The van der Waals surface area contributed by atoms with Crippen LogP contribution in [0.5, 0.6) is 0 Å². The van der Waals surface area contributed by atoms with E-state index in [9.17, 15) is 18.7 Å². The van der Waals surface area contributed by atoms with Crippen molar-refractivity contribution in [1.29, 1.82) is 0 Å². The molecule has 0 saturated carbocycles. The minimum atomic E-state index is -3.99. The van der Waals surface area contributed by atoms with Crippen LogP contribution in [0.25, 0.3) is 0 Å². The summed E-state index contributed by atoms with van der Waals surface area (Å²) in [4.78, 5) is 52.8. The van der Waals surface area contributed by atoms with Crippen molar-refractivity contribution in [3.8, 4) is 0 Å². The number of amides is 2. The largest absolute Gasteiger partial charge is 0.329 e. The first-order valence-corrected chi connectivity index (χ1v) is 10.7. The number of carbonyl (C=O) groups is 2. The Morgan fingerprint density at radius 3 is 1.15 bits per heavy atom. The van der Waals surface area contributed by atoms with E-state index in [1.54, 1.807) is 0 Å². The molecule has 0 atom stereocenters. The van der Waals surface area contributed by atoms with Crippen molar-refractivity contribution in [2.24, 2.45) is 11.5 Å². The number of nitrogens with two attached hydrogens (primary N) is 2. The third-order valence-electron chi connectivity index (χ3n) is 2.08. The first-order valence-electron chi connectivity index (χ1n) is 7.13. The summed E-state index contributed by atoms with van der Waals surface area (Å²) in [6, 6.07) is 0. The number of nitrogens with zero attached hydrogens (tertiary/aromatic N) is 2. The van der Waals surface area contributed by atoms with Gasteiger partial charge in [0.05, 0.1) is 12.3 Å². The lowest BCUT2D eigenvalue weighted by atomic mass is 10.5. The maximum absolute atomic E-state index is 10.2. The van der Waals surface area contributed by atoms with E-state index in [2.05, 4.69) is 0 Å².